The summed E-state index contributed by atoms with van der Waals surface area (Å²) >= 11 is 0. The summed E-state index contributed by atoms with van der Waals surface area (Å²) in [4.78, 5) is 0. The van der Waals surface area contributed by atoms with Gasteiger partial charge < -0.3 is 0 Å². The first-order valence-corrected chi connectivity index (χ1v) is 17.9. The van der Waals surface area contributed by atoms with Crippen LogP contribution in [-0.4, -0.2) is 0 Å². The highest BCUT2D eigenvalue weighted by molar-refractivity contribution is 6.15. The lowest BCUT2D eigenvalue weighted by atomic mass is 9.87. The predicted molar refractivity (Wildman–Crippen MR) is 219 cm³/mol. The van der Waals surface area contributed by atoms with E-state index in [1.54, 1.807) is 0 Å². The maximum absolute atomic E-state index is 2.40. The van der Waals surface area contributed by atoms with Crippen molar-refractivity contribution >= 4 is 32.3 Å². The number of rotatable bonds is 6. The molecule has 0 nitrogen and oxygen atoms in total. The van der Waals surface area contributed by atoms with Crippen molar-refractivity contribution < 1.29 is 0 Å². The standard InChI is InChI=1S/C51H38/c1-34-14-6-9-22-43(34)49-33-41-19-8-11-24-45(41)50-32-39(28-29-47(49)50)38-27-26-36-20-13-25-46(48(36)31-38)44-23-10-7-18-40(44)30-42-21-12-15-35(2)51(42)37-16-4-3-5-17-37/h3-29,31-33H,30H2,1-2H3. The van der Waals surface area contributed by atoms with E-state index in [9.17, 15) is 0 Å². The Kier molecular flexibility index (Phi) is 7.79. The summed E-state index contributed by atoms with van der Waals surface area (Å²) in [6.45, 7) is 4.43. The van der Waals surface area contributed by atoms with Crippen LogP contribution in [0.2, 0.25) is 0 Å². The first kappa shape index (κ1) is 30.8. The molecule has 0 radical (unpaired) electrons. The van der Waals surface area contributed by atoms with Crippen LogP contribution >= 0.6 is 0 Å². The lowest BCUT2D eigenvalue weighted by Crippen LogP contribution is -1.97. The fourth-order valence-electron chi connectivity index (χ4n) is 8.10. The van der Waals surface area contributed by atoms with Gasteiger partial charge in [0.05, 0.1) is 0 Å². The van der Waals surface area contributed by atoms with Gasteiger partial charge in [0.2, 0.25) is 0 Å². The molecular weight excluding hydrogens is 613 g/mol. The van der Waals surface area contributed by atoms with Gasteiger partial charge in [0.25, 0.3) is 0 Å². The average molecular weight is 651 g/mol. The zero-order valence-electron chi connectivity index (χ0n) is 29.0. The summed E-state index contributed by atoms with van der Waals surface area (Å²) in [6.07, 6.45) is 0.860. The minimum Gasteiger partial charge on any atom is -0.0622 e. The Morgan fingerprint density at radius 1 is 0.314 bits per heavy atom. The number of hydrogen-bond donors (Lipinski definition) is 0. The number of hydrogen-bond acceptors (Lipinski definition) is 0. The van der Waals surface area contributed by atoms with E-state index >= 15 is 0 Å². The third kappa shape index (κ3) is 5.60. The third-order valence-corrected chi connectivity index (χ3v) is 10.6. The summed E-state index contributed by atoms with van der Waals surface area (Å²) in [5.41, 5.74) is 15.5. The molecular formula is C51H38. The van der Waals surface area contributed by atoms with Gasteiger partial charge in [0.1, 0.15) is 0 Å². The largest absolute Gasteiger partial charge is 0.0622 e. The molecule has 0 saturated carbocycles. The predicted octanol–water partition coefficient (Wildman–Crippen LogP) is 14.0. The monoisotopic (exact) mass is 650 g/mol. The quantitative estimate of drug-likeness (QED) is 0.157. The van der Waals surface area contributed by atoms with E-state index in [2.05, 4.69) is 196 Å². The highest BCUT2D eigenvalue weighted by Gasteiger charge is 2.15. The normalized spacial score (nSPS) is 11.4. The van der Waals surface area contributed by atoms with Gasteiger partial charge >= 0.3 is 0 Å². The van der Waals surface area contributed by atoms with Gasteiger partial charge in [-0.25, -0.2) is 0 Å². The van der Waals surface area contributed by atoms with E-state index in [4.69, 9.17) is 0 Å². The summed E-state index contributed by atoms with van der Waals surface area (Å²) in [5, 5.41) is 7.64. The maximum atomic E-state index is 2.40. The summed E-state index contributed by atoms with van der Waals surface area (Å²) in [6, 6.07) is 67.1. The molecule has 51 heavy (non-hydrogen) atoms. The Bertz CT molecular complexity index is 2730. The fourth-order valence-corrected chi connectivity index (χ4v) is 8.10. The molecule has 0 saturated heterocycles. The van der Waals surface area contributed by atoms with Crippen molar-refractivity contribution in [2.45, 2.75) is 20.3 Å². The maximum Gasteiger partial charge on any atom is -0.00134 e. The smallest absolute Gasteiger partial charge is 0.00134 e. The molecule has 0 aromatic heterocycles. The molecule has 0 amide bonds. The number of fused-ring (bicyclic) bond motifs is 4. The Balaban J connectivity index is 1.18. The minimum absolute atomic E-state index is 0.860. The summed E-state index contributed by atoms with van der Waals surface area (Å²) in [5.74, 6) is 0. The van der Waals surface area contributed by atoms with Crippen LogP contribution in [0.4, 0.5) is 0 Å². The van der Waals surface area contributed by atoms with Crippen LogP contribution in [0, 0.1) is 13.8 Å². The molecule has 0 bridgehead atoms. The van der Waals surface area contributed by atoms with Crippen molar-refractivity contribution in [3.8, 4) is 44.5 Å². The van der Waals surface area contributed by atoms with Crippen molar-refractivity contribution in [1.29, 1.82) is 0 Å². The molecule has 9 rings (SSSR count). The van der Waals surface area contributed by atoms with E-state index in [-0.39, 0.29) is 0 Å². The molecule has 0 aliphatic carbocycles. The summed E-state index contributed by atoms with van der Waals surface area (Å²) in [7, 11) is 0. The zero-order chi connectivity index (χ0) is 34.3. The van der Waals surface area contributed by atoms with Crippen molar-refractivity contribution in [1.82, 2.24) is 0 Å². The van der Waals surface area contributed by atoms with E-state index in [0.29, 0.717) is 0 Å². The Morgan fingerprint density at radius 2 is 0.941 bits per heavy atom. The second kappa shape index (κ2) is 12.9. The average Bonchev–Trinajstić information content (AvgIpc) is 3.18. The Morgan fingerprint density at radius 3 is 1.80 bits per heavy atom. The van der Waals surface area contributed by atoms with E-state index in [0.717, 1.165) is 6.42 Å². The highest BCUT2D eigenvalue weighted by atomic mass is 14.2. The summed E-state index contributed by atoms with van der Waals surface area (Å²) < 4.78 is 0. The van der Waals surface area contributed by atoms with Crippen molar-refractivity contribution in [2.75, 3.05) is 0 Å². The van der Waals surface area contributed by atoms with E-state index < -0.39 is 0 Å². The van der Waals surface area contributed by atoms with Crippen molar-refractivity contribution in [3.63, 3.8) is 0 Å². The van der Waals surface area contributed by atoms with Crippen LogP contribution in [0.25, 0.3) is 76.8 Å². The topological polar surface area (TPSA) is 0 Å². The molecule has 242 valence electrons. The first-order chi connectivity index (χ1) is 25.1. The molecule has 9 aromatic rings. The lowest BCUT2D eigenvalue weighted by molar-refractivity contribution is 1.19. The van der Waals surface area contributed by atoms with E-state index in [1.807, 2.05) is 0 Å². The van der Waals surface area contributed by atoms with Gasteiger partial charge in [0.15, 0.2) is 0 Å². The van der Waals surface area contributed by atoms with Crippen LogP contribution < -0.4 is 0 Å². The second-order valence-electron chi connectivity index (χ2n) is 13.8. The second-order valence-corrected chi connectivity index (χ2v) is 13.8. The molecule has 0 aliphatic rings. The van der Waals surface area contributed by atoms with Gasteiger partial charge in [-0.05, 0) is 138 Å². The highest BCUT2D eigenvalue weighted by Crippen LogP contribution is 2.40. The zero-order valence-corrected chi connectivity index (χ0v) is 29.0. The molecule has 0 aliphatic heterocycles. The van der Waals surface area contributed by atoms with Crippen LogP contribution in [0.3, 0.4) is 0 Å². The van der Waals surface area contributed by atoms with Gasteiger partial charge in [0, 0.05) is 0 Å². The van der Waals surface area contributed by atoms with Crippen LogP contribution in [0.5, 0.6) is 0 Å². The fraction of sp³-hybridized carbons (Fsp3) is 0.0588. The number of aryl methyl sites for hydroxylation is 2. The molecule has 0 unspecified atom stereocenters. The van der Waals surface area contributed by atoms with Crippen molar-refractivity contribution in [2.24, 2.45) is 0 Å². The number of benzene rings is 9. The molecule has 0 N–H and O–H groups in total. The van der Waals surface area contributed by atoms with Crippen LogP contribution in [0.1, 0.15) is 22.3 Å². The Labute approximate surface area is 300 Å². The molecule has 0 fully saturated rings. The van der Waals surface area contributed by atoms with Gasteiger partial charge in [-0.2, -0.15) is 0 Å². The van der Waals surface area contributed by atoms with Crippen LogP contribution in [-0.2, 0) is 6.42 Å². The van der Waals surface area contributed by atoms with Crippen molar-refractivity contribution in [3.05, 3.63) is 204 Å². The molecule has 0 spiro atoms. The minimum atomic E-state index is 0.860. The Hall–Kier alpha value is -6.24. The molecule has 0 atom stereocenters. The van der Waals surface area contributed by atoms with Gasteiger partial charge in [-0.1, -0.05) is 164 Å². The van der Waals surface area contributed by atoms with Crippen LogP contribution in [0.15, 0.2) is 182 Å². The SMILES string of the molecule is Cc1ccccc1-c1cc2ccccc2c2cc(-c3ccc4cccc(-c5ccccc5Cc5cccc(C)c5-c5ccccc5)c4c3)ccc12. The molecule has 0 heterocycles. The molecule has 0 heteroatoms. The first-order valence-electron chi connectivity index (χ1n) is 17.9. The molecule has 9 aromatic carbocycles. The van der Waals surface area contributed by atoms with Gasteiger partial charge in [-0.3, -0.25) is 0 Å². The van der Waals surface area contributed by atoms with Gasteiger partial charge in [-0.15, -0.1) is 0 Å². The third-order valence-electron chi connectivity index (χ3n) is 10.6. The van der Waals surface area contributed by atoms with E-state index in [1.165, 1.54) is 99.1 Å². The lowest BCUT2D eigenvalue weighted by Gasteiger charge is -2.17.